The van der Waals surface area contributed by atoms with Gasteiger partial charge in [0.1, 0.15) is 5.54 Å². The van der Waals surface area contributed by atoms with Gasteiger partial charge in [-0.1, -0.05) is 37.3 Å². The molecule has 3 heteroatoms. The van der Waals surface area contributed by atoms with E-state index in [-0.39, 0.29) is 5.97 Å². The van der Waals surface area contributed by atoms with Crippen molar-refractivity contribution in [2.45, 2.75) is 58.5 Å². The van der Waals surface area contributed by atoms with Crippen LogP contribution in [0.2, 0.25) is 0 Å². The maximum Gasteiger partial charge on any atom is 0.326 e. The largest absolute Gasteiger partial charge is 0.465 e. The maximum absolute atomic E-state index is 12.3. The van der Waals surface area contributed by atoms with E-state index in [9.17, 15) is 4.79 Å². The molecule has 1 aromatic rings. The van der Waals surface area contributed by atoms with Crippen molar-refractivity contribution in [1.82, 2.24) is 5.32 Å². The van der Waals surface area contributed by atoms with Crippen LogP contribution in [0.1, 0.15) is 46.1 Å². The molecule has 0 spiro atoms. The topological polar surface area (TPSA) is 38.3 Å². The number of rotatable bonds is 8. The summed E-state index contributed by atoms with van der Waals surface area (Å²) >= 11 is 0. The summed E-state index contributed by atoms with van der Waals surface area (Å²) in [5, 5.41) is 3.42. The predicted molar refractivity (Wildman–Crippen MR) is 82.7 cm³/mol. The normalized spacial score (nSPS) is 15.4. The summed E-state index contributed by atoms with van der Waals surface area (Å²) in [5.41, 5.74) is 0.621. The van der Waals surface area contributed by atoms with E-state index in [2.05, 4.69) is 31.3 Å². The SMILES string of the molecule is CCOC(=O)C(C)(CCc1ccccc1)NC(C)CC. The fourth-order valence-corrected chi connectivity index (χ4v) is 2.21. The Balaban J connectivity index is 2.73. The standard InChI is InChI=1S/C17H27NO2/c1-5-14(3)18-17(4,16(19)20-6-2)13-12-15-10-8-7-9-11-15/h7-11,14,18H,5-6,12-13H2,1-4H3. The lowest BCUT2D eigenvalue weighted by Gasteiger charge is -2.31. The van der Waals surface area contributed by atoms with Crippen LogP contribution in [0.4, 0.5) is 0 Å². The van der Waals surface area contributed by atoms with Crippen molar-refractivity contribution in [2.75, 3.05) is 6.61 Å². The Bertz CT molecular complexity index is 405. The van der Waals surface area contributed by atoms with Gasteiger partial charge in [-0.25, -0.2) is 0 Å². The molecule has 1 N–H and O–H groups in total. The van der Waals surface area contributed by atoms with Gasteiger partial charge >= 0.3 is 5.97 Å². The van der Waals surface area contributed by atoms with Crippen LogP contribution in [0.3, 0.4) is 0 Å². The third kappa shape index (κ3) is 4.97. The van der Waals surface area contributed by atoms with Crippen LogP contribution in [0.5, 0.6) is 0 Å². The van der Waals surface area contributed by atoms with Crippen LogP contribution in [0.15, 0.2) is 30.3 Å². The molecule has 0 aromatic heterocycles. The number of carbonyl (C=O) groups excluding carboxylic acids is 1. The maximum atomic E-state index is 12.3. The van der Waals surface area contributed by atoms with E-state index in [1.165, 1.54) is 5.56 Å². The molecule has 0 radical (unpaired) electrons. The highest BCUT2D eigenvalue weighted by atomic mass is 16.5. The zero-order valence-electron chi connectivity index (χ0n) is 13.1. The number of esters is 1. The van der Waals surface area contributed by atoms with E-state index in [1.807, 2.05) is 32.0 Å². The minimum Gasteiger partial charge on any atom is -0.465 e. The predicted octanol–water partition coefficient (Wildman–Crippen LogP) is 3.33. The molecule has 0 aliphatic heterocycles. The molecular formula is C17H27NO2. The van der Waals surface area contributed by atoms with Crippen LogP contribution in [0, 0.1) is 0 Å². The third-order valence-corrected chi connectivity index (χ3v) is 3.66. The molecule has 0 fully saturated rings. The van der Waals surface area contributed by atoms with Gasteiger partial charge in [0.05, 0.1) is 6.61 Å². The summed E-state index contributed by atoms with van der Waals surface area (Å²) in [4.78, 5) is 12.3. The molecule has 0 saturated carbocycles. The van der Waals surface area contributed by atoms with E-state index in [1.54, 1.807) is 0 Å². The molecule has 2 unspecified atom stereocenters. The minimum absolute atomic E-state index is 0.156. The molecule has 0 heterocycles. The molecule has 112 valence electrons. The van der Waals surface area contributed by atoms with E-state index >= 15 is 0 Å². The van der Waals surface area contributed by atoms with Crippen LogP contribution < -0.4 is 5.32 Å². The molecule has 3 nitrogen and oxygen atoms in total. The summed E-state index contributed by atoms with van der Waals surface area (Å²) < 4.78 is 5.24. The van der Waals surface area contributed by atoms with Crippen LogP contribution >= 0.6 is 0 Å². The first kappa shape index (κ1) is 16.7. The number of ether oxygens (including phenoxy) is 1. The molecule has 0 aliphatic carbocycles. The fourth-order valence-electron chi connectivity index (χ4n) is 2.21. The van der Waals surface area contributed by atoms with Gasteiger partial charge in [0.25, 0.3) is 0 Å². The van der Waals surface area contributed by atoms with Crippen LogP contribution in [0.25, 0.3) is 0 Å². The van der Waals surface area contributed by atoms with E-state index < -0.39 is 5.54 Å². The Labute approximate surface area is 122 Å². The molecular weight excluding hydrogens is 250 g/mol. The monoisotopic (exact) mass is 277 g/mol. The van der Waals surface area contributed by atoms with Crippen molar-refractivity contribution < 1.29 is 9.53 Å². The highest BCUT2D eigenvalue weighted by molar-refractivity contribution is 5.80. The number of benzene rings is 1. The highest BCUT2D eigenvalue weighted by Crippen LogP contribution is 2.18. The minimum atomic E-state index is -0.624. The number of hydrogen-bond donors (Lipinski definition) is 1. The van der Waals surface area contributed by atoms with Gasteiger partial charge in [-0.3, -0.25) is 10.1 Å². The Morgan fingerprint density at radius 1 is 1.30 bits per heavy atom. The van der Waals surface area contributed by atoms with Crippen molar-refractivity contribution in [3.63, 3.8) is 0 Å². The molecule has 1 rings (SSSR count). The summed E-state index contributed by atoms with van der Waals surface area (Å²) in [6.07, 6.45) is 2.58. The molecule has 0 bridgehead atoms. The van der Waals surface area contributed by atoms with Crippen LogP contribution in [-0.2, 0) is 16.0 Å². The number of carbonyl (C=O) groups is 1. The quantitative estimate of drug-likeness (QED) is 0.741. The zero-order valence-corrected chi connectivity index (χ0v) is 13.1. The second-order valence-corrected chi connectivity index (χ2v) is 5.49. The zero-order chi connectivity index (χ0) is 15.0. The number of nitrogens with one attached hydrogen (secondary N) is 1. The van der Waals surface area contributed by atoms with Gasteiger partial charge in [-0.05, 0) is 45.6 Å². The van der Waals surface area contributed by atoms with Gasteiger partial charge in [0.2, 0.25) is 0 Å². The molecule has 2 atom stereocenters. The van der Waals surface area contributed by atoms with E-state index in [4.69, 9.17) is 4.74 Å². The Morgan fingerprint density at radius 2 is 1.95 bits per heavy atom. The second kappa shape index (κ2) is 8.05. The summed E-state index contributed by atoms with van der Waals surface area (Å²) in [5.74, 6) is -0.156. The number of hydrogen-bond acceptors (Lipinski definition) is 3. The Kier molecular flexibility index (Phi) is 6.73. The second-order valence-electron chi connectivity index (χ2n) is 5.49. The van der Waals surface area contributed by atoms with Crippen molar-refractivity contribution >= 4 is 5.97 Å². The molecule has 0 saturated heterocycles. The third-order valence-electron chi connectivity index (χ3n) is 3.66. The average molecular weight is 277 g/mol. The molecule has 0 amide bonds. The van der Waals surface area contributed by atoms with Crippen molar-refractivity contribution in [2.24, 2.45) is 0 Å². The van der Waals surface area contributed by atoms with E-state index in [0.717, 1.165) is 19.3 Å². The van der Waals surface area contributed by atoms with Crippen LogP contribution in [-0.4, -0.2) is 24.2 Å². The van der Waals surface area contributed by atoms with Crippen molar-refractivity contribution in [1.29, 1.82) is 0 Å². The first-order valence-corrected chi connectivity index (χ1v) is 7.50. The molecule has 20 heavy (non-hydrogen) atoms. The van der Waals surface area contributed by atoms with Gasteiger partial charge < -0.3 is 4.74 Å². The van der Waals surface area contributed by atoms with Gasteiger partial charge in [0, 0.05) is 6.04 Å². The van der Waals surface area contributed by atoms with Gasteiger partial charge in [0.15, 0.2) is 0 Å². The lowest BCUT2D eigenvalue weighted by Crippen LogP contribution is -2.54. The van der Waals surface area contributed by atoms with E-state index in [0.29, 0.717) is 12.6 Å². The average Bonchev–Trinajstić information content (AvgIpc) is 2.46. The number of aryl methyl sites for hydroxylation is 1. The Hall–Kier alpha value is -1.35. The molecule has 1 aromatic carbocycles. The summed E-state index contributed by atoms with van der Waals surface area (Å²) in [7, 11) is 0. The van der Waals surface area contributed by atoms with Gasteiger partial charge in [-0.15, -0.1) is 0 Å². The van der Waals surface area contributed by atoms with Crippen molar-refractivity contribution in [3.05, 3.63) is 35.9 Å². The molecule has 0 aliphatic rings. The first-order valence-electron chi connectivity index (χ1n) is 7.50. The highest BCUT2D eigenvalue weighted by Gasteiger charge is 2.35. The Morgan fingerprint density at radius 3 is 2.50 bits per heavy atom. The smallest absolute Gasteiger partial charge is 0.326 e. The summed E-state index contributed by atoms with van der Waals surface area (Å²) in [6.45, 7) is 8.42. The fraction of sp³-hybridized carbons (Fsp3) is 0.588. The first-order chi connectivity index (χ1) is 9.51. The lowest BCUT2D eigenvalue weighted by atomic mass is 9.92. The van der Waals surface area contributed by atoms with Gasteiger partial charge in [-0.2, -0.15) is 0 Å². The summed E-state index contributed by atoms with van der Waals surface area (Å²) in [6, 6.07) is 10.5. The lowest BCUT2D eigenvalue weighted by molar-refractivity contribution is -0.151. The van der Waals surface area contributed by atoms with Crippen molar-refractivity contribution in [3.8, 4) is 0 Å².